The zero-order valence-electron chi connectivity index (χ0n) is 23.7. The number of piperazine rings is 1. The van der Waals surface area contributed by atoms with Crippen LogP contribution in [0.5, 0.6) is 5.75 Å². The van der Waals surface area contributed by atoms with Crippen LogP contribution in [-0.4, -0.2) is 74.8 Å². The minimum atomic E-state index is -4.38. The summed E-state index contributed by atoms with van der Waals surface area (Å²) in [6.07, 6.45) is -3.55. The number of anilines is 2. The number of hydrogen-bond acceptors (Lipinski definition) is 7. The molecule has 0 aromatic heterocycles. The van der Waals surface area contributed by atoms with Gasteiger partial charge in [-0.15, -0.1) is 0 Å². The van der Waals surface area contributed by atoms with E-state index in [1.54, 1.807) is 13.0 Å². The van der Waals surface area contributed by atoms with Crippen molar-refractivity contribution in [2.24, 2.45) is 5.92 Å². The van der Waals surface area contributed by atoms with E-state index in [4.69, 9.17) is 9.47 Å². The Bertz CT molecular complexity index is 1330. The summed E-state index contributed by atoms with van der Waals surface area (Å²) in [4.78, 5) is 21.0. The molecule has 42 heavy (non-hydrogen) atoms. The van der Waals surface area contributed by atoms with Gasteiger partial charge < -0.3 is 19.3 Å². The van der Waals surface area contributed by atoms with E-state index in [-0.39, 0.29) is 18.5 Å². The van der Waals surface area contributed by atoms with Gasteiger partial charge in [0.05, 0.1) is 22.9 Å². The van der Waals surface area contributed by atoms with E-state index in [0.29, 0.717) is 25.4 Å². The molecule has 0 aliphatic carbocycles. The Morgan fingerprint density at radius 1 is 0.857 bits per heavy atom. The first-order valence-corrected chi connectivity index (χ1v) is 15.1. The van der Waals surface area contributed by atoms with Crippen molar-refractivity contribution in [1.82, 2.24) is 9.80 Å². The van der Waals surface area contributed by atoms with E-state index in [2.05, 4.69) is 9.80 Å². The third-order valence-corrected chi connectivity index (χ3v) is 8.70. The molecule has 1 fully saturated rings. The number of nitrogens with zero attached hydrogens (tertiary/aromatic N) is 3. The maximum absolute atomic E-state index is 13.5. The van der Waals surface area contributed by atoms with Crippen molar-refractivity contribution < 1.29 is 27.4 Å². The number of fused-ring (bicyclic) bond motifs is 2. The zero-order valence-corrected chi connectivity index (χ0v) is 24.5. The molecule has 0 saturated carbocycles. The Labute approximate surface area is 249 Å². The predicted molar refractivity (Wildman–Crippen MR) is 159 cm³/mol. The lowest BCUT2D eigenvalue weighted by atomic mass is 10.1. The number of ether oxygens (including phenoxy) is 2. The highest BCUT2D eigenvalue weighted by Crippen LogP contribution is 2.49. The standard InChI is InChI=1S/C32H36F3N3O3S/c1-24(23-41-26-8-3-2-4-9-26)31(39)40-21-20-37-18-16-36(17-19-37)14-7-15-38-27-10-5-6-11-29(27)42-30-13-12-25(22-28(30)38)32(33,34)35/h2-6,8-13,22,24H,7,14-21,23H2,1H3. The normalized spacial score (nSPS) is 16.4. The smallest absolute Gasteiger partial charge is 0.416 e. The molecule has 2 heterocycles. The molecule has 10 heteroatoms. The van der Waals surface area contributed by atoms with Crippen molar-refractivity contribution in [3.05, 3.63) is 78.4 Å². The second-order valence-electron chi connectivity index (χ2n) is 10.6. The molecule has 1 unspecified atom stereocenters. The van der Waals surface area contributed by atoms with Crippen LogP contribution in [0.2, 0.25) is 0 Å². The summed E-state index contributed by atoms with van der Waals surface area (Å²) >= 11 is 1.52. The summed E-state index contributed by atoms with van der Waals surface area (Å²) < 4.78 is 51.6. The minimum absolute atomic E-state index is 0.258. The summed E-state index contributed by atoms with van der Waals surface area (Å²) in [7, 11) is 0. The second-order valence-corrected chi connectivity index (χ2v) is 11.7. The third kappa shape index (κ3) is 7.79. The number of halogens is 3. The van der Waals surface area contributed by atoms with Crippen LogP contribution < -0.4 is 9.64 Å². The Morgan fingerprint density at radius 3 is 2.26 bits per heavy atom. The van der Waals surface area contributed by atoms with Gasteiger partial charge in [0.15, 0.2) is 0 Å². The number of carbonyl (C=O) groups excluding carboxylic acids is 1. The molecule has 6 nitrogen and oxygen atoms in total. The van der Waals surface area contributed by atoms with Crippen LogP contribution in [0.3, 0.4) is 0 Å². The second kappa shape index (κ2) is 13.8. The lowest BCUT2D eigenvalue weighted by Gasteiger charge is -2.36. The molecular weight excluding hydrogens is 563 g/mol. The molecule has 5 rings (SSSR count). The first kappa shape index (κ1) is 30.3. The van der Waals surface area contributed by atoms with Crippen molar-refractivity contribution in [3.63, 3.8) is 0 Å². The van der Waals surface area contributed by atoms with Gasteiger partial charge in [-0.1, -0.05) is 42.1 Å². The third-order valence-electron chi connectivity index (χ3n) is 7.57. The van der Waals surface area contributed by atoms with Crippen molar-refractivity contribution in [2.45, 2.75) is 29.3 Å². The minimum Gasteiger partial charge on any atom is -0.493 e. The molecular formula is C32H36F3N3O3S. The van der Waals surface area contributed by atoms with Gasteiger partial charge in [-0.05, 0) is 62.4 Å². The van der Waals surface area contributed by atoms with Gasteiger partial charge in [-0.3, -0.25) is 9.69 Å². The predicted octanol–water partition coefficient (Wildman–Crippen LogP) is 6.57. The Kier molecular flexibility index (Phi) is 9.97. The van der Waals surface area contributed by atoms with Gasteiger partial charge in [0, 0.05) is 49.1 Å². The van der Waals surface area contributed by atoms with Gasteiger partial charge in [0.2, 0.25) is 0 Å². The summed E-state index contributed by atoms with van der Waals surface area (Å²) in [6, 6.07) is 21.3. The Hall–Kier alpha value is -3.21. The topological polar surface area (TPSA) is 45.3 Å². The monoisotopic (exact) mass is 599 g/mol. The van der Waals surface area contributed by atoms with Gasteiger partial charge >= 0.3 is 12.1 Å². The van der Waals surface area contributed by atoms with Gasteiger partial charge in [-0.2, -0.15) is 13.2 Å². The van der Waals surface area contributed by atoms with Crippen LogP contribution in [0, 0.1) is 5.92 Å². The number of hydrogen-bond donors (Lipinski definition) is 0. The van der Waals surface area contributed by atoms with Gasteiger partial charge in [-0.25, -0.2) is 0 Å². The van der Waals surface area contributed by atoms with E-state index in [1.165, 1.54) is 23.9 Å². The number of carbonyl (C=O) groups is 1. The van der Waals surface area contributed by atoms with E-state index >= 15 is 0 Å². The maximum Gasteiger partial charge on any atom is 0.416 e. The molecule has 0 amide bonds. The molecule has 3 aromatic rings. The number of benzene rings is 3. The molecule has 0 N–H and O–H groups in total. The summed E-state index contributed by atoms with van der Waals surface area (Å²) in [5, 5.41) is 0. The van der Waals surface area contributed by atoms with E-state index in [1.807, 2.05) is 59.5 Å². The zero-order chi connectivity index (χ0) is 29.5. The van der Waals surface area contributed by atoms with E-state index in [9.17, 15) is 18.0 Å². The van der Waals surface area contributed by atoms with Crippen molar-refractivity contribution >= 4 is 29.1 Å². The molecule has 0 spiro atoms. The molecule has 224 valence electrons. The van der Waals surface area contributed by atoms with Crippen LogP contribution in [0.25, 0.3) is 0 Å². The fraction of sp³-hybridized carbons (Fsp3) is 0.406. The molecule has 1 saturated heterocycles. The maximum atomic E-state index is 13.5. The number of alkyl halides is 3. The van der Waals surface area contributed by atoms with E-state index < -0.39 is 11.7 Å². The van der Waals surface area contributed by atoms with Crippen LogP contribution in [-0.2, 0) is 15.7 Å². The summed E-state index contributed by atoms with van der Waals surface area (Å²) in [5.74, 6) is 0.126. The summed E-state index contributed by atoms with van der Waals surface area (Å²) in [6.45, 7) is 8.17. The van der Waals surface area contributed by atoms with Crippen LogP contribution in [0.4, 0.5) is 24.5 Å². The summed E-state index contributed by atoms with van der Waals surface area (Å²) in [5.41, 5.74) is 0.950. The van der Waals surface area contributed by atoms with Crippen molar-refractivity contribution in [1.29, 1.82) is 0 Å². The van der Waals surface area contributed by atoms with E-state index in [0.717, 1.165) is 60.4 Å². The highest BCUT2D eigenvalue weighted by molar-refractivity contribution is 7.99. The SMILES string of the molecule is CC(COc1ccccc1)C(=O)OCCN1CCN(CCCN2c3ccccc3Sc3ccc(C(F)(F)F)cc32)CC1. The number of esters is 1. The first-order chi connectivity index (χ1) is 20.3. The Morgan fingerprint density at radius 2 is 1.52 bits per heavy atom. The molecule has 0 bridgehead atoms. The van der Waals surface area contributed by atoms with Gasteiger partial charge in [0.25, 0.3) is 0 Å². The molecule has 2 aliphatic rings. The fourth-order valence-electron chi connectivity index (χ4n) is 5.16. The van der Waals surface area contributed by atoms with Crippen LogP contribution in [0.15, 0.2) is 82.6 Å². The van der Waals surface area contributed by atoms with Crippen LogP contribution in [0.1, 0.15) is 18.9 Å². The fourth-order valence-corrected chi connectivity index (χ4v) is 6.24. The molecule has 1 atom stereocenters. The highest BCUT2D eigenvalue weighted by atomic mass is 32.2. The quantitative estimate of drug-likeness (QED) is 0.231. The van der Waals surface area contributed by atoms with Crippen molar-refractivity contribution in [2.75, 3.05) is 63.9 Å². The van der Waals surface area contributed by atoms with Crippen molar-refractivity contribution in [3.8, 4) is 5.75 Å². The lowest BCUT2D eigenvalue weighted by molar-refractivity contribution is -0.149. The lowest BCUT2D eigenvalue weighted by Crippen LogP contribution is -2.47. The number of rotatable bonds is 11. The number of para-hydroxylation sites is 2. The van der Waals surface area contributed by atoms with Crippen LogP contribution >= 0.6 is 11.8 Å². The van der Waals surface area contributed by atoms with Gasteiger partial charge in [0.1, 0.15) is 19.0 Å². The molecule has 2 aliphatic heterocycles. The average Bonchev–Trinajstić information content (AvgIpc) is 3.00. The Balaban J connectivity index is 1.05. The average molecular weight is 600 g/mol. The molecule has 3 aromatic carbocycles. The largest absolute Gasteiger partial charge is 0.493 e. The molecule has 0 radical (unpaired) electrons. The highest BCUT2D eigenvalue weighted by Gasteiger charge is 2.33. The first-order valence-electron chi connectivity index (χ1n) is 14.3.